The van der Waals surface area contributed by atoms with Crippen molar-refractivity contribution in [1.82, 2.24) is 19.8 Å². The van der Waals surface area contributed by atoms with Crippen LogP contribution >= 0.6 is 11.8 Å². The molecule has 2 aromatic rings. The Hall–Kier alpha value is -1.53. The van der Waals surface area contributed by atoms with Crippen LogP contribution in [0.4, 0.5) is 0 Å². The van der Waals surface area contributed by atoms with Gasteiger partial charge in [0.2, 0.25) is 5.91 Å². The van der Waals surface area contributed by atoms with Gasteiger partial charge in [-0.2, -0.15) is 11.8 Å². The van der Waals surface area contributed by atoms with Crippen molar-refractivity contribution in [3.8, 4) is 0 Å². The van der Waals surface area contributed by atoms with Crippen LogP contribution in [-0.4, -0.2) is 57.0 Å². The first kappa shape index (κ1) is 18.8. The average molecular weight is 387 g/mol. The molecule has 1 aliphatic heterocycles. The van der Waals surface area contributed by atoms with Gasteiger partial charge in [-0.3, -0.25) is 9.69 Å². The van der Waals surface area contributed by atoms with Gasteiger partial charge in [0.25, 0.3) is 0 Å². The van der Waals surface area contributed by atoms with Gasteiger partial charge in [0.15, 0.2) is 0 Å². The summed E-state index contributed by atoms with van der Waals surface area (Å²) >= 11 is 2.05. The normalized spacial score (nSPS) is 20.2. The van der Waals surface area contributed by atoms with E-state index in [1.807, 2.05) is 30.0 Å². The first-order valence-electron chi connectivity index (χ1n) is 10.3. The van der Waals surface area contributed by atoms with E-state index in [-0.39, 0.29) is 11.4 Å². The molecule has 0 spiro atoms. The minimum absolute atomic E-state index is 0.102. The summed E-state index contributed by atoms with van der Waals surface area (Å²) < 4.78 is 2.07. The summed E-state index contributed by atoms with van der Waals surface area (Å²) in [5.41, 5.74) is 2.20. The third-order valence-electron chi connectivity index (χ3n) is 6.18. The maximum absolute atomic E-state index is 12.8. The lowest BCUT2D eigenvalue weighted by Crippen LogP contribution is -2.56. The van der Waals surface area contributed by atoms with Crippen LogP contribution in [0, 0.1) is 0 Å². The van der Waals surface area contributed by atoms with E-state index < -0.39 is 0 Å². The Balaban J connectivity index is 1.45. The third-order valence-corrected chi connectivity index (χ3v) is 7.12. The molecule has 0 unspecified atom stereocenters. The molecule has 1 aliphatic carbocycles. The first-order valence-corrected chi connectivity index (χ1v) is 11.4. The summed E-state index contributed by atoms with van der Waals surface area (Å²) in [7, 11) is 0. The standard InChI is InChI=1S/C21H30N4OS/c1-2-19-23-17-7-3-4-8-18(17)25(19)15-20(26)22-16-21(9-5-6-10-21)24-11-13-27-14-12-24/h3-4,7-8H,2,5-6,9-16H2,1H3,(H,22,26). The molecule has 1 saturated carbocycles. The van der Waals surface area contributed by atoms with E-state index in [4.69, 9.17) is 0 Å². The van der Waals surface area contributed by atoms with Crippen LogP contribution in [-0.2, 0) is 17.8 Å². The number of aromatic nitrogens is 2. The molecule has 2 aliphatic rings. The van der Waals surface area contributed by atoms with Crippen LogP contribution in [0.2, 0.25) is 0 Å². The van der Waals surface area contributed by atoms with Gasteiger partial charge in [0.05, 0.1) is 11.0 Å². The summed E-state index contributed by atoms with van der Waals surface area (Å²) in [5.74, 6) is 3.52. The second kappa shape index (κ2) is 8.23. The van der Waals surface area contributed by atoms with E-state index >= 15 is 0 Å². The van der Waals surface area contributed by atoms with Gasteiger partial charge in [0, 0.05) is 43.1 Å². The molecule has 1 aromatic heterocycles. The lowest BCUT2D eigenvalue weighted by molar-refractivity contribution is -0.122. The number of hydrogen-bond acceptors (Lipinski definition) is 4. The van der Waals surface area contributed by atoms with Crippen LogP contribution < -0.4 is 5.32 Å². The topological polar surface area (TPSA) is 50.2 Å². The van der Waals surface area contributed by atoms with Gasteiger partial charge in [-0.25, -0.2) is 4.98 Å². The Morgan fingerprint density at radius 1 is 1.22 bits per heavy atom. The minimum atomic E-state index is 0.102. The number of aryl methyl sites for hydroxylation is 1. The smallest absolute Gasteiger partial charge is 0.240 e. The van der Waals surface area contributed by atoms with Gasteiger partial charge in [-0.05, 0) is 25.0 Å². The molecule has 5 nitrogen and oxygen atoms in total. The van der Waals surface area contributed by atoms with E-state index in [2.05, 4.69) is 32.8 Å². The number of amides is 1. The largest absolute Gasteiger partial charge is 0.353 e. The highest BCUT2D eigenvalue weighted by Gasteiger charge is 2.40. The van der Waals surface area contributed by atoms with Crippen LogP contribution in [0.25, 0.3) is 11.0 Å². The van der Waals surface area contributed by atoms with Gasteiger partial charge >= 0.3 is 0 Å². The summed E-state index contributed by atoms with van der Waals surface area (Å²) in [5, 5.41) is 3.28. The van der Waals surface area contributed by atoms with Crippen LogP contribution in [0.1, 0.15) is 38.4 Å². The second-order valence-corrected chi connectivity index (χ2v) is 8.99. The number of carbonyl (C=O) groups is 1. The van der Waals surface area contributed by atoms with Crippen molar-refractivity contribution in [2.24, 2.45) is 0 Å². The highest BCUT2D eigenvalue weighted by molar-refractivity contribution is 7.99. The van der Waals surface area contributed by atoms with Gasteiger partial charge in [-0.1, -0.05) is 31.9 Å². The number of fused-ring (bicyclic) bond motifs is 1. The molecule has 1 aromatic carbocycles. The lowest BCUT2D eigenvalue weighted by Gasteiger charge is -2.43. The number of nitrogens with one attached hydrogen (secondary N) is 1. The molecular formula is C21H30N4OS. The highest BCUT2D eigenvalue weighted by Crippen LogP contribution is 2.36. The minimum Gasteiger partial charge on any atom is -0.353 e. The third kappa shape index (κ3) is 3.87. The molecule has 27 heavy (non-hydrogen) atoms. The fraction of sp³-hybridized carbons (Fsp3) is 0.619. The Bertz CT molecular complexity index is 791. The summed E-state index contributed by atoms with van der Waals surface area (Å²) in [4.78, 5) is 20.2. The fourth-order valence-electron chi connectivity index (χ4n) is 4.71. The van der Waals surface area contributed by atoms with Crippen LogP contribution in [0.3, 0.4) is 0 Å². The van der Waals surface area contributed by atoms with E-state index in [1.54, 1.807) is 0 Å². The van der Waals surface area contributed by atoms with Crippen molar-refractivity contribution in [2.75, 3.05) is 31.1 Å². The summed E-state index contributed by atoms with van der Waals surface area (Å²) in [6.07, 6.45) is 5.83. The monoisotopic (exact) mass is 386 g/mol. The first-order chi connectivity index (χ1) is 13.2. The molecule has 0 bridgehead atoms. The van der Waals surface area contributed by atoms with Crippen molar-refractivity contribution in [2.45, 2.75) is 51.1 Å². The Morgan fingerprint density at radius 3 is 2.70 bits per heavy atom. The number of benzene rings is 1. The van der Waals surface area contributed by atoms with Crippen LogP contribution in [0.15, 0.2) is 24.3 Å². The molecule has 1 amide bonds. The molecule has 4 rings (SSSR count). The molecule has 0 radical (unpaired) electrons. The Morgan fingerprint density at radius 2 is 1.96 bits per heavy atom. The van der Waals surface area contributed by atoms with Crippen LogP contribution in [0.5, 0.6) is 0 Å². The number of thioether (sulfide) groups is 1. The molecule has 6 heteroatoms. The average Bonchev–Trinajstić information content (AvgIpc) is 3.33. The zero-order valence-electron chi connectivity index (χ0n) is 16.2. The van der Waals surface area contributed by atoms with Gasteiger partial charge in [-0.15, -0.1) is 0 Å². The van der Waals surface area contributed by atoms with E-state index in [0.717, 1.165) is 42.9 Å². The molecule has 0 atom stereocenters. The van der Waals surface area contributed by atoms with Crippen molar-refractivity contribution in [3.63, 3.8) is 0 Å². The zero-order chi connectivity index (χ0) is 18.7. The SMILES string of the molecule is CCc1nc2ccccc2n1CC(=O)NCC1(N2CCSCC2)CCCC1. The summed E-state index contributed by atoms with van der Waals surface area (Å²) in [6, 6.07) is 8.09. The van der Waals surface area contributed by atoms with Gasteiger partial charge in [0.1, 0.15) is 12.4 Å². The van der Waals surface area contributed by atoms with Crippen molar-refractivity contribution in [3.05, 3.63) is 30.1 Å². The van der Waals surface area contributed by atoms with E-state index in [1.165, 1.54) is 37.2 Å². The number of imidazole rings is 1. The number of para-hydroxylation sites is 2. The number of carbonyl (C=O) groups excluding carboxylic acids is 1. The molecular weight excluding hydrogens is 356 g/mol. The summed E-state index contributed by atoms with van der Waals surface area (Å²) in [6.45, 7) is 5.55. The van der Waals surface area contributed by atoms with Crippen molar-refractivity contribution >= 4 is 28.7 Å². The number of rotatable bonds is 6. The number of hydrogen-bond donors (Lipinski definition) is 1. The lowest BCUT2D eigenvalue weighted by atomic mass is 9.94. The molecule has 1 saturated heterocycles. The molecule has 146 valence electrons. The number of nitrogens with zero attached hydrogens (tertiary/aromatic N) is 3. The quantitative estimate of drug-likeness (QED) is 0.829. The Labute approximate surface area is 165 Å². The van der Waals surface area contributed by atoms with Crippen molar-refractivity contribution in [1.29, 1.82) is 0 Å². The predicted molar refractivity (Wildman–Crippen MR) is 112 cm³/mol. The van der Waals surface area contributed by atoms with Gasteiger partial charge < -0.3 is 9.88 Å². The van der Waals surface area contributed by atoms with E-state index in [9.17, 15) is 4.79 Å². The predicted octanol–water partition coefficient (Wildman–Crippen LogP) is 3.08. The van der Waals surface area contributed by atoms with E-state index in [0.29, 0.717) is 6.54 Å². The molecule has 2 heterocycles. The molecule has 2 fully saturated rings. The maximum atomic E-state index is 12.8. The maximum Gasteiger partial charge on any atom is 0.240 e. The highest BCUT2D eigenvalue weighted by atomic mass is 32.2. The molecule has 1 N–H and O–H groups in total. The second-order valence-electron chi connectivity index (χ2n) is 7.76. The zero-order valence-corrected chi connectivity index (χ0v) is 17.1. The van der Waals surface area contributed by atoms with Crippen molar-refractivity contribution < 1.29 is 4.79 Å². The fourth-order valence-corrected chi connectivity index (χ4v) is 5.61. The Kier molecular flexibility index (Phi) is 5.74.